The Morgan fingerprint density at radius 3 is 2.67 bits per heavy atom. The van der Waals surface area contributed by atoms with Gasteiger partial charge in [0.05, 0.1) is 0 Å². The van der Waals surface area contributed by atoms with E-state index in [2.05, 4.69) is 47.1 Å². The van der Waals surface area contributed by atoms with Crippen LogP contribution in [0.4, 0.5) is 0 Å². The molecule has 0 aromatic heterocycles. The lowest BCUT2D eigenvalue weighted by Gasteiger charge is -2.23. The number of allylic oxidation sites excluding steroid dienone is 1. The Kier molecular flexibility index (Phi) is 5.32. The van der Waals surface area contributed by atoms with E-state index in [9.17, 15) is 0 Å². The van der Waals surface area contributed by atoms with E-state index < -0.39 is 0 Å². The van der Waals surface area contributed by atoms with Crippen LogP contribution in [0, 0.1) is 12.8 Å². The predicted octanol–water partition coefficient (Wildman–Crippen LogP) is 5.96. The molecule has 0 radical (unpaired) electrons. The van der Waals surface area contributed by atoms with Crippen LogP contribution in [0.1, 0.15) is 43.2 Å². The second-order valence-corrected chi connectivity index (χ2v) is 6.32. The van der Waals surface area contributed by atoms with Crippen molar-refractivity contribution in [2.45, 2.75) is 39.0 Å². The van der Waals surface area contributed by atoms with Gasteiger partial charge >= 0.3 is 0 Å². The van der Waals surface area contributed by atoms with Crippen molar-refractivity contribution in [2.75, 3.05) is 5.88 Å². The van der Waals surface area contributed by atoms with Gasteiger partial charge in [-0.2, -0.15) is 0 Å². The van der Waals surface area contributed by atoms with Crippen molar-refractivity contribution in [3.8, 4) is 0 Å². The average molecular weight is 328 g/mol. The van der Waals surface area contributed by atoms with E-state index in [0.717, 1.165) is 0 Å². The third kappa shape index (κ3) is 3.61. The fourth-order valence-electron chi connectivity index (χ4n) is 2.65. The highest BCUT2D eigenvalue weighted by Crippen LogP contribution is 2.32. The number of alkyl halides is 1. The molecule has 2 heteroatoms. The minimum absolute atomic E-state index is 0.663. The molecule has 0 saturated heterocycles. The summed E-state index contributed by atoms with van der Waals surface area (Å²) in [4.78, 5) is 0. The smallest absolute Gasteiger partial charge is 0.0439 e. The zero-order chi connectivity index (χ0) is 13.0. The van der Waals surface area contributed by atoms with Crippen molar-refractivity contribution in [3.05, 3.63) is 39.4 Å². The van der Waals surface area contributed by atoms with Gasteiger partial charge in [-0.15, -0.1) is 11.6 Å². The van der Waals surface area contributed by atoms with Crippen LogP contribution in [0.5, 0.6) is 0 Å². The standard InChI is InChI=1S/C16H20BrCl/c1-12-7-8-13(10-16(12)17)9-15(11-18)14-5-3-2-4-6-14/h7-10,14H,2-6,11H2,1H3/b15-9-. The van der Waals surface area contributed by atoms with Gasteiger partial charge in [0.15, 0.2) is 0 Å². The van der Waals surface area contributed by atoms with Crippen LogP contribution in [-0.4, -0.2) is 5.88 Å². The normalized spacial score (nSPS) is 18.1. The molecule has 0 N–H and O–H groups in total. The number of aryl methyl sites for hydroxylation is 1. The first kappa shape index (κ1) is 14.1. The maximum atomic E-state index is 6.14. The number of halogens is 2. The molecule has 18 heavy (non-hydrogen) atoms. The van der Waals surface area contributed by atoms with E-state index in [-0.39, 0.29) is 0 Å². The van der Waals surface area contributed by atoms with Crippen LogP contribution in [0.2, 0.25) is 0 Å². The van der Waals surface area contributed by atoms with Crippen molar-refractivity contribution < 1.29 is 0 Å². The largest absolute Gasteiger partial charge is 0.122 e. The van der Waals surface area contributed by atoms with E-state index in [1.807, 2.05) is 0 Å². The molecule has 1 aliphatic rings. The van der Waals surface area contributed by atoms with Crippen LogP contribution in [0.25, 0.3) is 6.08 Å². The molecule has 98 valence electrons. The lowest BCUT2D eigenvalue weighted by Crippen LogP contribution is -2.10. The molecule has 1 fully saturated rings. The Balaban J connectivity index is 2.19. The summed E-state index contributed by atoms with van der Waals surface area (Å²) in [6.07, 6.45) is 9.01. The van der Waals surface area contributed by atoms with Gasteiger partial charge in [-0.05, 0) is 42.9 Å². The van der Waals surface area contributed by atoms with Crippen molar-refractivity contribution in [3.63, 3.8) is 0 Å². The zero-order valence-corrected chi connectivity index (χ0v) is 13.2. The van der Waals surface area contributed by atoms with Crippen LogP contribution in [0.3, 0.4) is 0 Å². The van der Waals surface area contributed by atoms with Crippen LogP contribution in [-0.2, 0) is 0 Å². The lowest BCUT2D eigenvalue weighted by molar-refractivity contribution is 0.405. The molecular formula is C16H20BrCl. The summed E-state index contributed by atoms with van der Waals surface area (Å²) in [5, 5.41) is 0. The van der Waals surface area contributed by atoms with Gasteiger partial charge < -0.3 is 0 Å². The van der Waals surface area contributed by atoms with E-state index >= 15 is 0 Å². The highest BCUT2D eigenvalue weighted by atomic mass is 79.9. The molecule has 0 aliphatic heterocycles. The van der Waals surface area contributed by atoms with Gasteiger partial charge in [-0.1, -0.05) is 59.0 Å². The first-order valence-electron chi connectivity index (χ1n) is 6.73. The SMILES string of the molecule is Cc1ccc(/C=C(/CCl)C2CCCCC2)cc1Br. The number of rotatable bonds is 3. The highest BCUT2D eigenvalue weighted by molar-refractivity contribution is 9.10. The lowest BCUT2D eigenvalue weighted by atomic mass is 9.83. The Bertz CT molecular complexity index is 431. The molecule has 0 atom stereocenters. The summed E-state index contributed by atoms with van der Waals surface area (Å²) >= 11 is 9.73. The summed E-state index contributed by atoms with van der Waals surface area (Å²) in [7, 11) is 0. The van der Waals surface area contributed by atoms with Gasteiger partial charge in [0, 0.05) is 10.4 Å². The van der Waals surface area contributed by atoms with Crippen LogP contribution >= 0.6 is 27.5 Å². The number of hydrogen-bond acceptors (Lipinski definition) is 0. The third-order valence-electron chi connectivity index (χ3n) is 3.83. The molecular weight excluding hydrogens is 308 g/mol. The van der Waals surface area contributed by atoms with Gasteiger partial charge in [-0.3, -0.25) is 0 Å². The maximum absolute atomic E-state index is 6.14. The molecule has 0 bridgehead atoms. The monoisotopic (exact) mass is 326 g/mol. The van der Waals surface area contributed by atoms with Gasteiger partial charge in [0.1, 0.15) is 0 Å². The van der Waals surface area contributed by atoms with E-state index in [1.165, 1.54) is 53.3 Å². The maximum Gasteiger partial charge on any atom is 0.0439 e. The quantitative estimate of drug-likeness (QED) is 0.601. The van der Waals surface area contributed by atoms with E-state index in [1.54, 1.807) is 0 Å². The summed E-state index contributed by atoms with van der Waals surface area (Å²) in [5.41, 5.74) is 3.94. The Hall–Kier alpha value is -0.270. The van der Waals surface area contributed by atoms with Gasteiger partial charge in [-0.25, -0.2) is 0 Å². The molecule has 1 saturated carbocycles. The van der Waals surface area contributed by atoms with E-state index in [4.69, 9.17) is 11.6 Å². The summed E-state index contributed by atoms with van der Waals surface area (Å²) in [6.45, 7) is 2.11. The second kappa shape index (κ2) is 6.77. The summed E-state index contributed by atoms with van der Waals surface area (Å²) in [5.74, 6) is 1.37. The molecule has 0 spiro atoms. The minimum Gasteiger partial charge on any atom is -0.122 e. The molecule has 2 rings (SSSR count). The minimum atomic E-state index is 0.663. The van der Waals surface area contributed by atoms with Crippen molar-refractivity contribution in [1.29, 1.82) is 0 Å². The summed E-state index contributed by atoms with van der Waals surface area (Å²) < 4.78 is 1.17. The zero-order valence-electron chi connectivity index (χ0n) is 10.9. The van der Waals surface area contributed by atoms with Crippen molar-refractivity contribution in [2.24, 2.45) is 5.92 Å². The molecule has 1 aromatic carbocycles. The van der Waals surface area contributed by atoms with Crippen LogP contribution < -0.4 is 0 Å². The first-order chi connectivity index (χ1) is 8.70. The molecule has 0 heterocycles. The van der Waals surface area contributed by atoms with Gasteiger partial charge in [0.2, 0.25) is 0 Å². The van der Waals surface area contributed by atoms with Crippen molar-refractivity contribution in [1.82, 2.24) is 0 Å². The Morgan fingerprint density at radius 1 is 1.33 bits per heavy atom. The fourth-order valence-corrected chi connectivity index (χ4v) is 3.34. The molecule has 1 aromatic rings. The number of hydrogen-bond donors (Lipinski definition) is 0. The van der Waals surface area contributed by atoms with Crippen LogP contribution in [0.15, 0.2) is 28.2 Å². The topological polar surface area (TPSA) is 0 Å². The summed E-state index contributed by atoms with van der Waals surface area (Å²) in [6, 6.07) is 6.52. The first-order valence-corrected chi connectivity index (χ1v) is 8.06. The van der Waals surface area contributed by atoms with Crippen molar-refractivity contribution >= 4 is 33.6 Å². The fraction of sp³-hybridized carbons (Fsp3) is 0.500. The molecule has 0 amide bonds. The van der Waals surface area contributed by atoms with E-state index in [0.29, 0.717) is 11.8 Å². The third-order valence-corrected chi connectivity index (χ3v) is 4.99. The van der Waals surface area contributed by atoms with Gasteiger partial charge in [0.25, 0.3) is 0 Å². The Labute approximate surface area is 124 Å². The Morgan fingerprint density at radius 2 is 2.06 bits per heavy atom. The molecule has 0 unspecified atom stereocenters. The molecule has 1 aliphatic carbocycles. The highest BCUT2D eigenvalue weighted by Gasteiger charge is 2.17. The predicted molar refractivity (Wildman–Crippen MR) is 84.2 cm³/mol. The molecule has 0 nitrogen and oxygen atoms in total. The second-order valence-electron chi connectivity index (χ2n) is 5.20. The number of benzene rings is 1. The average Bonchev–Trinajstić information content (AvgIpc) is 2.41.